The van der Waals surface area contributed by atoms with Crippen LogP contribution in [0.15, 0.2) is 35.5 Å². The maximum atomic E-state index is 11.8. The molecular formula is C16H16N4O. The van der Waals surface area contributed by atoms with E-state index in [0.717, 1.165) is 16.7 Å². The van der Waals surface area contributed by atoms with Crippen molar-refractivity contribution in [1.29, 1.82) is 5.26 Å². The molecule has 2 aromatic rings. The first-order valence-corrected chi connectivity index (χ1v) is 6.46. The fourth-order valence-electron chi connectivity index (χ4n) is 1.98. The van der Waals surface area contributed by atoms with Gasteiger partial charge in [-0.25, -0.2) is 0 Å². The average Bonchev–Trinajstić information content (AvgIpc) is 2.46. The van der Waals surface area contributed by atoms with Crippen molar-refractivity contribution in [2.45, 2.75) is 6.92 Å². The van der Waals surface area contributed by atoms with Gasteiger partial charge in [-0.05, 0) is 36.3 Å². The predicted octanol–water partition coefficient (Wildman–Crippen LogP) is 2.15. The molecule has 0 aliphatic heterocycles. The minimum absolute atomic E-state index is 0.100. The molecule has 0 unspecified atom stereocenters. The lowest BCUT2D eigenvalue weighted by molar-refractivity contribution is 0.567. The minimum Gasteiger partial charge on any atom is -0.383 e. The van der Waals surface area contributed by atoms with E-state index in [-0.39, 0.29) is 11.1 Å². The Morgan fingerprint density at radius 2 is 2.14 bits per heavy atom. The van der Waals surface area contributed by atoms with E-state index in [1.165, 1.54) is 0 Å². The number of hydrogen-bond acceptors (Lipinski definition) is 4. The van der Waals surface area contributed by atoms with Gasteiger partial charge < -0.3 is 9.88 Å². The maximum Gasteiger partial charge on any atom is 0.266 e. The summed E-state index contributed by atoms with van der Waals surface area (Å²) in [4.78, 5) is 20.6. The lowest BCUT2D eigenvalue weighted by atomic mass is 9.99. The van der Waals surface area contributed by atoms with Gasteiger partial charge in [-0.2, -0.15) is 5.26 Å². The first-order chi connectivity index (χ1) is 10.0. The van der Waals surface area contributed by atoms with Gasteiger partial charge in [0, 0.05) is 38.3 Å². The number of nitriles is 1. The molecule has 0 bridgehead atoms. The zero-order chi connectivity index (χ0) is 15.4. The largest absolute Gasteiger partial charge is 0.383 e. The third-order valence-corrected chi connectivity index (χ3v) is 3.04. The number of aryl methyl sites for hydroxylation is 1. The number of pyridine rings is 2. The van der Waals surface area contributed by atoms with Crippen LogP contribution in [-0.2, 0) is 0 Å². The van der Waals surface area contributed by atoms with Crippen molar-refractivity contribution in [2.75, 3.05) is 14.1 Å². The van der Waals surface area contributed by atoms with Crippen molar-refractivity contribution in [3.63, 3.8) is 0 Å². The Morgan fingerprint density at radius 1 is 1.38 bits per heavy atom. The van der Waals surface area contributed by atoms with Crippen LogP contribution in [0.1, 0.15) is 16.8 Å². The molecular weight excluding hydrogens is 264 g/mol. The Kier molecular flexibility index (Phi) is 4.19. The van der Waals surface area contributed by atoms with E-state index in [1.54, 1.807) is 18.5 Å². The molecule has 5 nitrogen and oxygen atoms in total. The molecule has 0 radical (unpaired) electrons. The topological polar surface area (TPSA) is 72.8 Å². The summed E-state index contributed by atoms with van der Waals surface area (Å²) in [7, 11) is 3.80. The van der Waals surface area contributed by atoms with Crippen LogP contribution in [0.3, 0.4) is 0 Å². The van der Waals surface area contributed by atoms with Crippen molar-refractivity contribution in [3.05, 3.63) is 57.9 Å². The van der Waals surface area contributed by atoms with E-state index in [2.05, 4.69) is 9.97 Å². The Morgan fingerprint density at radius 3 is 2.76 bits per heavy atom. The van der Waals surface area contributed by atoms with Crippen LogP contribution < -0.4 is 5.56 Å². The summed E-state index contributed by atoms with van der Waals surface area (Å²) in [6.07, 6.45) is 7.11. The van der Waals surface area contributed by atoms with Gasteiger partial charge in [0.15, 0.2) is 0 Å². The highest BCUT2D eigenvalue weighted by molar-refractivity contribution is 5.75. The van der Waals surface area contributed by atoms with Crippen molar-refractivity contribution in [3.8, 4) is 17.2 Å². The third kappa shape index (κ3) is 3.18. The predicted molar refractivity (Wildman–Crippen MR) is 82.5 cm³/mol. The average molecular weight is 280 g/mol. The van der Waals surface area contributed by atoms with Crippen LogP contribution in [0.4, 0.5) is 0 Å². The number of aromatic amines is 1. The zero-order valence-corrected chi connectivity index (χ0v) is 12.2. The molecule has 21 heavy (non-hydrogen) atoms. The second-order valence-corrected chi connectivity index (χ2v) is 4.92. The highest BCUT2D eigenvalue weighted by Crippen LogP contribution is 2.25. The van der Waals surface area contributed by atoms with Crippen LogP contribution in [-0.4, -0.2) is 29.0 Å². The number of hydrogen-bond donors (Lipinski definition) is 1. The molecule has 0 saturated heterocycles. The summed E-state index contributed by atoms with van der Waals surface area (Å²) < 4.78 is 0. The minimum atomic E-state index is -0.383. The van der Waals surface area contributed by atoms with Gasteiger partial charge in [0.2, 0.25) is 0 Å². The third-order valence-electron chi connectivity index (χ3n) is 3.04. The number of nitrogens with one attached hydrogen (secondary N) is 1. The van der Waals surface area contributed by atoms with Gasteiger partial charge in [0.1, 0.15) is 11.6 Å². The Bertz CT molecular complexity index is 782. The van der Waals surface area contributed by atoms with Crippen LogP contribution in [0.25, 0.3) is 17.2 Å². The summed E-state index contributed by atoms with van der Waals surface area (Å²) in [5.74, 6) is 0. The second kappa shape index (κ2) is 6.06. The first kappa shape index (κ1) is 14.5. The fourth-order valence-corrected chi connectivity index (χ4v) is 1.98. The lowest BCUT2D eigenvalue weighted by Gasteiger charge is -2.10. The number of rotatable bonds is 3. The molecule has 0 amide bonds. The van der Waals surface area contributed by atoms with E-state index in [0.29, 0.717) is 5.69 Å². The van der Waals surface area contributed by atoms with Gasteiger partial charge in [-0.3, -0.25) is 9.78 Å². The number of aromatic nitrogens is 2. The normalized spacial score (nSPS) is 10.6. The highest BCUT2D eigenvalue weighted by atomic mass is 16.1. The fraction of sp³-hybridized carbons (Fsp3) is 0.188. The van der Waals surface area contributed by atoms with Crippen molar-refractivity contribution in [1.82, 2.24) is 14.9 Å². The van der Waals surface area contributed by atoms with E-state index >= 15 is 0 Å². The summed E-state index contributed by atoms with van der Waals surface area (Å²) >= 11 is 0. The molecule has 0 atom stereocenters. The molecule has 1 N–H and O–H groups in total. The molecule has 0 aliphatic rings. The number of nitrogens with zero attached hydrogens (tertiary/aromatic N) is 3. The van der Waals surface area contributed by atoms with Gasteiger partial charge in [0.05, 0.1) is 5.69 Å². The quantitative estimate of drug-likeness (QED) is 0.935. The summed E-state index contributed by atoms with van der Waals surface area (Å²) in [6.45, 7) is 1.94. The summed E-state index contributed by atoms with van der Waals surface area (Å²) in [5, 5.41) is 9.06. The van der Waals surface area contributed by atoms with Gasteiger partial charge >= 0.3 is 0 Å². The molecule has 0 saturated carbocycles. The van der Waals surface area contributed by atoms with Crippen molar-refractivity contribution in [2.24, 2.45) is 0 Å². The lowest BCUT2D eigenvalue weighted by Crippen LogP contribution is -2.12. The molecule has 2 heterocycles. The Balaban J connectivity index is 2.71. The Hall–Kier alpha value is -2.87. The van der Waals surface area contributed by atoms with Gasteiger partial charge in [0.25, 0.3) is 5.56 Å². The molecule has 2 rings (SSSR count). The standard InChI is InChI=1S/C16H16N4O/c1-11-10-18-6-4-13(11)14-8-12(9-17)16(21)19-15(14)5-7-20(2)3/h4-8,10H,1-3H3,(H,19,21)/b7-5+. The monoisotopic (exact) mass is 280 g/mol. The van der Waals surface area contributed by atoms with Gasteiger partial charge in [-0.1, -0.05) is 0 Å². The highest BCUT2D eigenvalue weighted by Gasteiger charge is 2.10. The molecule has 0 aliphatic carbocycles. The summed E-state index contributed by atoms with van der Waals surface area (Å²) in [5.41, 5.74) is 3.12. The van der Waals surface area contributed by atoms with Crippen molar-refractivity contribution < 1.29 is 0 Å². The van der Waals surface area contributed by atoms with Crippen LogP contribution >= 0.6 is 0 Å². The smallest absolute Gasteiger partial charge is 0.266 e. The molecule has 0 fully saturated rings. The molecule has 106 valence electrons. The molecule has 0 aromatic carbocycles. The molecule has 5 heteroatoms. The van der Waals surface area contributed by atoms with Crippen LogP contribution in [0.5, 0.6) is 0 Å². The van der Waals surface area contributed by atoms with Crippen LogP contribution in [0.2, 0.25) is 0 Å². The van der Waals surface area contributed by atoms with E-state index in [9.17, 15) is 4.79 Å². The second-order valence-electron chi connectivity index (χ2n) is 4.92. The van der Waals surface area contributed by atoms with Gasteiger partial charge in [-0.15, -0.1) is 0 Å². The van der Waals surface area contributed by atoms with E-state index in [4.69, 9.17) is 5.26 Å². The SMILES string of the molecule is Cc1cnccc1-c1cc(C#N)c(=O)[nH]c1/C=C/N(C)C. The molecule has 0 spiro atoms. The van der Waals surface area contributed by atoms with Crippen molar-refractivity contribution >= 4 is 6.08 Å². The maximum absolute atomic E-state index is 11.8. The first-order valence-electron chi connectivity index (χ1n) is 6.46. The number of H-pyrrole nitrogens is 1. The van der Waals surface area contributed by atoms with E-state index in [1.807, 2.05) is 50.3 Å². The van der Waals surface area contributed by atoms with Crippen LogP contribution in [0, 0.1) is 18.3 Å². The Labute approximate surface area is 123 Å². The molecule has 2 aromatic heterocycles. The van der Waals surface area contributed by atoms with E-state index < -0.39 is 0 Å². The zero-order valence-electron chi connectivity index (χ0n) is 12.2. The summed E-state index contributed by atoms with van der Waals surface area (Å²) in [6, 6.07) is 5.42.